The number of carbonyl (C=O) groups excluding carboxylic acids is 2. The Bertz CT molecular complexity index is 488. The molecule has 20 heavy (non-hydrogen) atoms. The molecule has 0 aliphatic carbocycles. The summed E-state index contributed by atoms with van der Waals surface area (Å²) in [6.07, 6.45) is 1.87. The zero-order valence-electron chi connectivity index (χ0n) is 11.2. The minimum atomic E-state index is -0.534. The number of primary amides is 1. The van der Waals surface area contributed by atoms with Crippen molar-refractivity contribution in [1.29, 1.82) is 0 Å². The molecule has 1 aromatic heterocycles. The predicted octanol–water partition coefficient (Wildman–Crippen LogP) is -1.19. The molecular weight excluding hydrogens is 264 g/mol. The average Bonchev–Trinajstić information content (AvgIpc) is 2.84. The van der Waals surface area contributed by atoms with Crippen LogP contribution in [0.2, 0.25) is 0 Å². The standard InChI is InChI=1S/C12H18N4O4/c1-16-9(2-4-14-16)12(18)15-8-6-19-5-3-10(8)20-7-11(13)17/h2,4,8,10H,3,5-7H2,1H3,(H2,13,17)(H,15,18)/t8-,10+/m1/s1. The van der Waals surface area contributed by atoms with Crippen LogP contribution in [-0.4, -0.2) is 53.6 Å². The van der Waals surface area contributed by atoms with E-state index in [4.69, 9.17) is 15.2 Å². The zero-order chi connectivity index (χ0) is 14.5. The number of nitrogens with zero attached hydrogens (tertiary/aromatic N) is 2. The Balaban J connectivity index is 1.96. The van der Waals surface area contributed by atoms with E-state index in [-0.39, 0.29) is 24.7 Å². The van der Waals surface area contributed by atoms with Crippen molar-refractivity contribution in [3.05, 3.63) is 18.0 Å². The molecule has 0 aromatic carbocycles. The molecule has 0 unspecified atom stereocenters. The van der Waals surface area contributed by atoms with Crippen LogP contribution in [0.15, 0.2) is 12.3 Å². The smallest absolute Gasteiger partial charge is 0.269 e. The third-order valence-corrected chi connectivity index (χ3v) is 3.10. The van der Waals surface area contributed by atoms with E-state index in [1.807, 2.05) is 0 Å². The van der Waals surface area contributed by atoms with Gasteiger partial charge in [0, 0.05) is 19.9 Å². The predicted molar refractivity (Wildman–Crippen MR) is 68.8 cm³/mol. The van der Waals surface area contributed by atoms with Gasteiger partial charge in [0.1, 0.15) is 12.3 Å². The number of rotatable bonds is 5. The largest absolute Gasteiger partial charge is 0.379 e. The summed E-state index contributed by atoms with van der Waals surface area (Å²) in [6.45, 7) is 0.706. The van der Waals surface area contributed by atoms with E-state index in [1.54, 1.807) is 19.3 Å². The molecule has 0 spiro atoms. The first-order chi connectivity index (χ1) is 9.58. The van der Waals surface area contributed by atoms with Crippen LogP contribution in [0.4, 0.5) is 0 Å². The fraction of sp³-hybridized carbons (Fsp3) is 0.583. The molecule has 1 aliphatic heterocycles. The lowest BCUT2D eigenvalue weighted by molar-refractivity contribution is -0.128. The molecule has 0 radical (unpaired) electrons. The van der Waals surface area contributed by atoms with Crippen LogP contribution in [0.3, 0.4) is 0 Å². The summed E-state index contributed by atoms with van der Waals surface area (Å²) in [5, 5.41) is 6.78. The zero-order valence-corrected chi connectivity index (χ0v) is 11.2. The number of hydrogen-bond acceptors (Lipinski definition) is 5. The van der Waals surface area contributed by atoms with Gasteiger partial charge in [0.2, 0.25) is 5.91 Å². The molecule has 0 saturated carbocycles. The number of ether oxygens (including phenoxy) is 2. The average molecular weight is 282 g/mol. The normalized spacial score (nSPS) is 22.4. The van der Waals surface area contributed by atoms with E-state index in [9.17, 15) is 9.59 Å². The maximum atomic E-state index is 12.1. The van der Waals surface area contributed by atoms with Crippen LogP contribution >= 0.6 is 0 Å². The van der Waals surface area contributed by atoms with Gasteiger partial charge in [0.15, 0.2) is 0 Å². The second-order valence-corrected chi connectivity index (χ2v) is 4.60. The van der Waals surface area contributed by atoms with Crippen molar-refractivity contribution in [3.8, 4) is 0 Å². The Labute approximate surface area is 116 Å². The molecule has 1 aliphatic rings. The summed E-state index contributed by atoms with van der Waals surface area (Å²) in [5.41, 5.74) is 5.51. The number of aromatic nitrogens is 2. The number of aryl methyl sites for hydroxylation is 1. The number of amides is 2. The highest BCUT2D eigenvalue weighted by atomic mass is 16.5. The molecule has 1 fully saturated rings. The minimum Gasteiger partial charge on any atom is -0.379 e. The number of nitrogens with two attached hydrogens (primary N) is 1. The van der Waals surface area contributed by atoms with Gasteiger partial charge in [-0.2, -0.15) is 5.10 Å². The van der Waals surface area contributed by atoms with Gasteiger partial charge in [-0.3, -0.25) is 14.3 Å². The Morgan fingerprint density at radius 2 is 2.45 bits per heavy atom. The molecule has 1 aromatic rings. The highest BCUT2D eigenvalue weighted by Gasteiger charge is 2.29. The van der Waals surface area contributed by atoms with Gasteiger partial charge in [0.05, 0.1) is 18.8 Å². The lowest BCUT2D eigenvalue weighted by Crippen LogP contribution is -2.51. The summed E-state index contributed by atoms with van der Waals surface area (Å²) in [4.78, 5) is 22.9. The van der Waals surface area contributed by atoms with Gasteiger partial charge in [-0.1, -0.05) is 0 Å². The fourth-order valence-corrected chi connectivity index (χ4v) is 2.08. The Kier molecular flexibility index (Phi) is 4.70. The van der Waals surface area contributed by atoms with Crippen molar-refractivity contribution >= 4 is 11.8 Å². The minimum absolute atomic E-state index is 0.164. The number of hydrogen-bond donors (Lipinski definition) is 2. The summed E-state index contributed by atoms with van der Waals surface area (Å²) < 4.78 is 12.2. The molecule has 8 nitrogen and oxygen atoms in total. The first-order valence-electron chi connectivity index (χ1n) is 6.34. The van der Waals surface area contributed by atoms with Crippen molar-refractivity contribution < 1.29 is 19.1 Å². The molecule has 0 bridgehead atoms. The van der Waals surface area contributed by atoms with Crippen LogP contribution < -0.4 is 11.1 Å². The van der Waals surface area contributed by atoms with E-state index in [0.29, 0.717) is 25.3 Å². The van der Waals surface area contributed by atoms with Crippen LogP contribution in [0, 0.1) is 0 Å². The SMILES string of the molecule is Cn1nccc1C(=O)N[C@@H]1COCC[C@@H]1OCC(N)=O. The van der Waals surface area contributed by atoms with E-state index in [2.05, 4.69) is 10.4 Å². The lowest BCUT2D eigenvalue weighted by atomic mass is 10.1. The van der Waals surface area contributed by atoms with Crippen LogP contribution in [0.25, 0.3) is 0 Å². The van der Waals surface area contributed by atoms with Gasteiger partial charge >= 0.3 is 0 Å². The van der Waals surface area contributed by atoms with Crippen molar-refractivity contribution in [2.45, 2.75) is 18.6 Å². The van der Waals surface area contributed by atoms with E-state index < -0.39 is 5.91 Å². The third-order valence-electron chi connectivity index (χ3n) is 3.10. The molecular formula is C12H18N4O4. The Morgan fingerprint density at radius 3 is 3.10 bits per heavy atom. The second kappa shape index (κ2) is 6.49. The lowest BCUT2D eigenvalue weighted by Gasteiger charge is -2.31. The van der Waals surface area contributed by atoms with Crippen molar-refractivity contribution in [3.63, 3.8) is 0 Å². The number of carbonyl (C=O) groups is 2. The highest BCUT2D eigenvalue weighted by Crippen LogP contribution is 2.12. The molecule has 1 saturated heterocycles. The van der Waals surface area contributed by atoms with E-state index in [1.165, 1.54) is 4.68 Å². The molecule has 2 rings (SSSR count). The van der Waals surface area contributed by atoms with Gasteiger partial charge in [0.25, 0.3) is 5.91 Å². The Hall–Kier alpha value is -1.93. The molecule has 3 N–H and O–H groups in total. The maximum Gasteiger partial charge on any atom is 0.269 e. The monoisotopic (exact) mass is 282 g/mol. The van der Waals surface area contributed by atoms with Gasteiger partial charge in [-0.05, 0) is 12.5 Å². The first kappa shape index (κ1) is 14.5. The van der Waals surface area contributed by atoms with Gasteiger partial charge in [-0.15, -0.1) is 0 Å². The molecule has 2 atom stereocenters. The van der Waals surface area contributed by atoms with E-state index in [0.717, 1.165) is 0 Å². The van der Waals surface area contributed by atoms with Crippen molar-refractivity contribution in [1.82, 2.24) is 15.1 Å². The third kappa shape index (κ3) is 3.55. The number of nitrogens with one attached hydrogen (secondary N) is 1. The molecule has 2 amide bonds. The van der Waals surface area contributed by atoms with Crippen LogP contribution in [0.1, 0.15) is 16.9 Å². The quantitative estimate of drug-likeness (QED) is 0.706. The maximum absolute atomic E-state index is 12.1. The molecule has 8 heteroatoms. The van der Waals surface area contributed by atoms with Crippen LogP contribution in [-0.2, 0) is 21.3 Å². The van der Waals surface area contributed by atoms with Crippen molar-refractivity contribution in [2.75, 3.05) is 19.8 Å². The topological polar surface area (TPSA) is 108 Å². The fourth-order valence-electron chi connectivity index (χ4n) is 2.08. The Morgan fingerprint density at radius 1 is 1.65 bits per heavy atom. The summed E-state index contributed by atoms with van der Waals surface area (Å²) >= 11 is 0. The van der Waals surface area contributed by atoms with Gasteiger partial charge < -0.3 is 20.5 Å². The summed E-state index contributed by atoms with van der Waals surface area (Å²) in [7, 11) is 1.69. The first-order valence-corrected chi connectivity index (χ1v) is 6.34. The van der Waals surface area contributed by atoms with Crippen molar-refractivity contribution in [2.24, 2.45) is 12.8 Å². The van der Waals surface area contributed by atoms with Gasteiger partial charge in [-0.25, -0.2) is 0 Å². The van der Waals surface area contributed by atoms with Crippen LogP contribution in [0.5, 0.6) is 0 Å². The summed E-state index contributed by atoms with van der Waals surface area (Å²) in [6, 6.07) is 1.31. The molecule has 2 heterocycles. The summed E-state index contributed by atoms with van der Waals surface area (Å²) in [5.74, 6) is -0.790. The molecule has 110 valence electrons. The highest BCUT2D eigenvalue weighted by molar-refractivity contribution is 5.92. The van der Waals surface area contributed by atoms with E-state index >= 15 is 0 Å². The second-order valence-electron chi connectivity index (χ2n) is 4.60.